The topological polar surface area (TPSA) is 116 Å². The molecule has 0 radical (unpaired) electrons. The van der Waals surface area contributed by atoms with E-state index in [1.807, 2.05) is 17.6 Å². The minimum Gasteiger partial charge on any atom is -0.352 e. The van der Waals surface area contributed by atoms with Crippen molar-refractivity contribution in [2.24, 2.45) is 0 Å². The van der Waals surface area contributed by atoms with Crippen LogP contribution in [0.15, 0.2) is 24.3 Å². The molecule has 8 heteroatoms. The van der Waals surface area contributed by atoms with Gasteiger partial charge in [-0.3, -0.25) is 30.0 Å². The van der Waals surface area contributed by atoms with Gasteiger partial charge in [0.05, 0.1) is 0 Å². The molecule has 0 saturated heterocycles. The van der Waals surface area contributed by atoms with Gasteiger partial charge in [-0.1, -0.05) is 32.9 Å². The molecule has 1 fully saturated rings. The molecule has 1 saturated carbocycles. The zero-order valence-electron chi connectivity index (χ0n) is 15.8. The first kappa shape index (κ1) is 20.4. The van der Waals surface area contributed by atoms with Crippen molar-refractivity contribution in [2.75, 3.05) is 6.54 Å². The van der Waals surface area contributed by atoms with Gasteiger partial charge in [0.1, 0.15) is 0 Å². The van der Waals surface area contributed by atoms with Crippen LogP contribution in [-0.2, 0) is 19.8 Å². The highest BCUT2D eigenvalue weighted by Crippen LogP contribution is 2.22. The maximum atomic E-state index is 12.1. The molecule has 0 aromatic heterocycles. The number of nitrogens with one attached hydrogen (secondary N) is 4. The third-order valence-electron chi connectivity index (χ3n) is 4.08. The van der Waals surface area contributed by atoms with Crippen LogP contribution in [0.3, 0.4) is 0 Å². The Morgan fingerprint density at radius 2 is 1.59 bits per heavy atom. The predicted molar refractivity (Wildman–Crippen MR) is 99.5 cm³/mol. The van der Waals surface area contributed by atoms with Crippen LogP contribution in [0.4, 0.5) is 0 Å². The van der Waals surface area contributed by atoms with E-state index in [2.05, 4.69) is 36.8 Å². The summed E-state index contributed by atoms with van der Waals surface area (Å²) in [5, 5.41) is 5.15. The molecule has 4 amide bonds. The largest absolute Gasteiger partial charge is 0.352 e. The lowest BCUT2D eigenvalue weighted by Crippen LogP contribution is -2.49. The van der Waals surface area contributed by atoms with Crippen molar-refractivity contribution < 1.29 is 19.2 Å². The second-order valence-electron chi connectivity index (χ2n) is 7.58. The Hall–Kier alpha value is -2.90. The molecule has 1 aliphatic rings. The number of carbonyl (C=O) groups is 4. The second-order valence-corrected chi connectivity index (χ2v) is 7.58. The molecule has 0 aliphatic heterocycles. The van der Waals surface area contributed by atoms with Crippen LogP contribution in [-0.4, -0.2) is 36.2 Å². The molecule has 8 nitrogen and oxygen atoms in total. The van der Waals surface area contributed by atoms with E-state index in [0.717, 1.165) is 18.4 Å². The second kappa shape index (κ2) is 8.66. The van der Waals surface area contributed by atoms with Gasteiger partial charge in [0.25, 0.3) is 5.91 Å². The van der Waals surface area contributed by atoms with Crippen molar-refractivity contribution in [2.45, 2.75) is 51.5 Å². The average Bonchev–Trinajstić information content (AvgIpc) is 3.42. The molecule has 1 aromatic carbocycles. The van der Waals surface area contributed by atoms with Gasteiger partial charge >= 0.3 is 11.8 Å². The fourth-order valence-electron chi connectivity index (χ4n) is 2.24. The van der Waals surface area contributed by atoms with Gasteiger partial charge in [0.15, 0.2) is 0 Å². The summed E-state index contributed by atoms with van der Waals surface area (Å²) < 4.78 is 0. The van der Waals surface area contributed by atoms with E-state index >= 15 is 0 Å². The minimum atomic E-state index is -0.918. The zero-order chi connectivity index (χ0) is 20.0. The van der Waals surface area contributed by atoms with Crippen LogP contribution in [0.25, 0.3) is 0 Å². The summed E-state index contributed by atoms with van der Waals surface area (Å²) in [6, 6.07) is 7.36. The summed E-state index contributed by atoms with van der Waals surface area (Å²) in [5.74, 6) is -2.48. The first-order valence-electron chi connectivity index (χ1n) is 8.95. The van der Waals surface area contributed by atoms with E-state index in [1.165, 1.54) is 0 Å². The Balaban J connectivity index is 1.67. The molecule has 2 rings (SSSR count). The number of hydrazine groups is 1. The third-order valence-corrected chi connectivity index (χ3v) is 4.08. The summed E-state index contributed by atoms with van der Waals surface area (Å²) in [6.07, 6.45) is 1.70. The lowest BCUT2D eigenvalue weighted by Gasteiger charge is -2.19. The standard InChI is InChI=1S/C19H26N4O4/c1-19(2,3)13-6-4-12(5-7-13)16(25)20-11-10-15(24)22-23-18(27)17(26)21-14-8-9-14/h4-7,14H,8-11H2,1-3H3,(H,20,25)(H,21,26)(H,22,24)(H,23,27). The molecule has 1 aromatic rings. The maximum absolute atomic E-state index is 12.1. The van der Waals surface area contributed by atoms with Gasteiger partial charge in [-0.05, 0) is 36.0 Å². The Bertz CT molecular complexity index is 718. The lowest BCUT2D eigenvalue weighted by molar-refractivity contribution is -0.141. The van der Waals surface area contributed by atoms with Gasteiger partial charge in [-0.25, -0.2) is 0 Å². The zero-order valence-corrected chi connectivity index (χ0v) is 15.8. The van der Waals surface area contributed by atoms with E-state index in [-0.39, 0.29) is 30.3 Å². The van der Waals surface area contributed by atoms with E-state index < -0.39 is 17.7 Å². The van der Waals surface area contributed by atoms with E-state index in [4.69, 9.17) is 0 Å². The molecule has 4 N–H and O–H groups in total. The third kappa shape index (κ3) is 6.73. The van der Waals surface area contributed by atoms with Gasteiger partial charge < -0.3 is 10.6 Å². The minimum absolute atomic E-state index is 0.00703. The van der Waals surface area contributed by atoms with E-state index in [9.17, 15) is 19.2 Å². The first-order chi connectivity index (χ1) is 12.7. The molecule has 1 aliphatic carbocycles. The number of hydrogen-bond donors (Lipinski definition) is 4. The Morgan fingerprint density at radius 3 is 2.15 bits per heavy atom. The quantitative estimate of drug-likeness (QED) is 0.444. The van der Waals surface area contributed by atoms with Crippen LogP contribution in [0.2, 0.25) is 0 Å². The van der Waals surface area contributed by atoms with Gasteiger partial charge in [0.2, 0.25) is 5.91 Å². The summed E-state index contributed by atoms with van der Waals surface area (Å²) in [4.78, 5) is 46.6. The molecule has 27 heavy (non-hydrogen) atoms. The smallest absolute Gasteiger partial charge is 0.327 e. The Labute approximate surface area is 158 Å². The van der Waals surface area contributed by atoms with E-state index in [1.54, 1.807) is 12.1 Å². The van der Waals surface area contributed by atoms with Crippen molar-refractivity contribution in [1.82, 2.24) is 21.5 Å². The highest BCUT2D eigenvalue weighted by atomic mass is 16.2. The molecule has 0 unspecified atom stereocenters. The highest BCUT2D eigenvalue weighted by Gasteiger charge is 2.26. The van der Waals surface area contributed by atoms with Crippen molar-refractivity contribution >= 4 is 23.6 Å². The van der Waals surface area contributed by atoms with Crippen LogP contribution >= 0.6 is 0 Å². The van der Waals surface area contributed by atoms with Gasteiger partial charge in [-0.2, -0.15) is 0 Å². The average molecular weight is 374 g/mol. The number of hydrogen-bond acceptors (Lipinski definition) is 4. The molecule has 0 bridgehead atoms. The summed E-state index contributed by atoms with van der Waals surface area (Å²) in [5.41, 5.74) is 5.83. The first-order valence-corrected chi connectivity index (χ1v) is 8.95. The molecular formula is C19H26N4O4. The summed E-state index contributed by atoms with van der Waals surface area (Å²) in [6.45, 7) is 6.38. The summed E-state index contributed by atoms with van der Waals surface area (Å²) in [7, 11) is 0. The van der Waals surface area contributed by atoms with Gasteiger partial charge in [-0.15, -0.1) is 0 Å². The molecular weight excluding hydrogens is 348 g/mol. The van der Waals surface area contributed by atoms with Crippen LogP contribution in [0, 0.1) is 0 Å². The summed E-state index contributed by atoms with van der Waals surface area (Å²) >= 11 is 0. The van der Waals surface area contributed by atoms with Crippen molar-refractivity contribution in [3.05, 3.63) is 35.4 Å². The number of carbonyl (C=O) groups excluding carboxylic acids is 4. The van der Waals surface area contributed by atoms with Gasteiger partial charge in [0, 0.05) is 24.6 Å². The van der Waals surface area contributed by atoms with Crippen LogP contribution < -0.4 is 21.5 Å². The molecule has 0 spiro atoms. The van der Waals surface area contributed by atoms with Crippen LogP contribution in [0.1, 0.15) is 56.0 Å². The fourth-order valence-corrected chi connectivity index (χ4v) is 2.24. The Morgan fingerprint density at radius 1 is 0.963 bits per heavy atom. The molecule has 146 valence electrons. The Kier molecular flexibility index (Phi) is 6.55. The number of benzene rings is 1. The molecule has 0 heterocycles. The molecule has 0 atom stereocenters. The van der Waals surface area contributed by atoms with Crippen molar-refractivity contribution in [3.63, 3.8) is 0 Å². The monoisotopic (exact) mass is 374 g/mol. The van der Waals surface area contributed by atoms with Crippen molar-refractivity contribution in [1.29, 1.82) is 0 Å². The fraction of sp³-hybridized carbons (Fsp3) is 0.474. The van der Waals surface area contributed by atoms with Crippen LogP contribution in [0.5, 0.6) is 0 Å². The normalized spacial score (nSPS) is 13.4. The SMILES string of the molecule is CC(C)(C)c1ccc(C(=O)NCCC(=O)NNC(=O)C(=O)NC2CC2)cc1. The number of rotatable bonds is 5. The maximum Gasteiger partial charge on any atom is 0.327 e. The van der Waals surface area contributed by atoms with Crippen molar-refractivity contribution in [3.8, 4) is 0 Å². The highest BCUT2D eigenvalue weighted by molar-refractivity contribution is 6.35. The number of amides is 4. The van der Waals surface area contributed by atoms with E-state index in [0.29, 0.717) is 5.56 Å². The lowest BCUT2D eigenvalue weighted by atomic mass is 9.87. The predicted octanol–water partition coefficient (Wildman–Crippen LogP) is 0.530.